The molecular formula is C18H22N6O. The summed E-state index contributed by atoms with van der Waals surface area (Å²) in [6.45, 7) is 8.09. The van der Waals surface area contributed by atoms with Crippen LogP contribution in [0.1, 0.15) is 44.4 Å². The maximum atomic E-state index is 13.0. The molecule has 1 unspecified atom stereocenters. The Labute approximate surface area is 146 Å². The summed E-state index contributed by atoms with van der Waals surface area (Å²) in [6, 6.07) is 7.57. The molecule has 0 bridgehead atoms. The maximum Gasteiger partial charge on any atom is 0.245 e. The molecule has 1 amide bonds. The highest BCUT2D eigenvalue weighted by molar-refractivity contribution is 5.83. The van der Waals surface area contributed by atoms with Gasteiger partial charge < -0.3 is 14.0 Å². The number of benzene rings is 1. The van der Waals surface area contributed by atoms with Crippen LogP contribution in [0.5, 0.6) is 0 Å². The lowest BCUT2D eigenvalue weighted by Crippen LogP contribution is -2.41. The van der Waals surface area contributed by atoms with Gasteiger partial charge in [-0.25, -0.2) is 4.98 Å². The third-order valence-corrected chi connectivity index (χ3v) is 4.87. The molecule has 7 nitrogen and oxygen atoms in total. The Balaban J connectivity index is 1.57. The molecule has 3 aromatic rings. The van der Waals surface area contributed by atoms with Crippen molar-refractivity contribution in [2.75, 3.05) is 6.54 Å². The van der Waals surface area contributed by atoms with Gasteiger partial charge >= 0.3 is 0 Å². The summed E-state index contributed by atoms with van der Waals surface area (Å²) in [5.41, 5.74) is 1.88. The summed E-state index contributed by atoms with van der Waals surface area (Å²) in [5, 5.41) is 8.57. The quantitative estimate of drug-likeness (QED) is 0.735. The molecule has 0 saturated heterocycles. The fourth-order valence-electron chi connectivity index (χ4n) is 3.47. The van der Waals surface area contributed by atoms with Crippen molar-refractivity contribution in [1.29, 1.82) is 0 Å². The van der Waals surface area contributed by atoms with E-state index < -0.39 is 0 Å². The summed E-state index contributed by atoms with van der Waals surface area (Å²) in [6.07, 6.45) is 1.75. The van der Waals surface area contributed by atoms with Crippen LogP contribution in [0.4, 0.5) is 0 Å². The second-order valence-corrected chi connectivity index (χ2v) is 6.86. The molecule has 0 spiro atoms. The zero-order valence-electron chi connectivity index (χ0n) is 14.8. The van der Waals surface area contributed by atoms with E-state index in [9.17, 15) is 4.79 Å². The zero-order valence-corrected chi connectivity index (χ0v) is 14.8. The maximum absolute atomic E-state index is 13.0. The van der Waals surface area contributed by atoms with E-state index in [1.54, 1.807) is 6.33 Å². The molecule has 130 valence electrons. The normalized spacial score (nSPS) is 15.6. The number of amides is 1. The number of aromatic nitrogens is 5. The molecule has 0 fully saturated rings. The molecule has 0 radical (unpaired) electrons. The summed E-state index contributed by atoms with van der Waals surface area (Å²) >= 11 is 0. The molecule has 2 aromatic heterocycles. The summed E-state index contributed by atoms with van der Waals surface area (Å²) in [4.78, 5) is 19.3. The zero-order chi connectivity index (χ0) is 17.6. The highest BCUT2D eigenvalue weighted by Gasteiger charge is 2.29. The Hall–Kier alpha value is -2.70. The predicted molar refractivity (Wildman–Crippen MR) is 94.0 cm³/mol. The van der Waals surface area contributed by atoms with Crippen molar-refractivity contribution in [3.63, 3.8) is 0 Å². The second kappa shape index (κ2) is 5.98. The lowest BCUT2D eigenvalue weighted by molar-refractivity contribution is -0.135. The number of imidazole rings is 1. The first kappa shape index (κ1) is 15.8. The highest BCUT2D eigenvalue weighted by Crippen LogP contribution is 2.23. The fourth-order valence-corrected chi connectivity index (χ4v) is 3.47. The van der Waals surface area contributed by atoms with Crippen molar-refractivity contribution >= 4 is 16.9 Å². The highest BCUT2D eigenvalue weighted by atomic mass is 16.2. The SMILES string of the molecule is CC(C)c1nnc2n1CCN(C(=O)C(C)n1cnc3ccccc31)C2. The number of hydrogen-bond acceptors (Lipinski definition) is 4. The largest absolute Gasteiger partial charge is 0.332 e. The van der Waals surface area contributed by atoms with Crippen molar-refractivity contribution in [3.05, 3.63) is 42.2 Å². The van der Waals surface area contributed by atoms with Gasteiger partial charge in [0.2, 0.25) is 5.91 Å². The van der Waals surface area contributed by atoms with Gasteiger partial charge in [-0.3, -0.25) is 4.79 Å². The lowest BCUT2D eigenvalue weighted by Gasteiger charge is -2.30. The van der Waals surface area contributed by atoms with Gasteiger partial charge in [-0.15, -0.1) is 10.2 Å². The average Bonchev–Trinajstić information content (AvgIpc) is 3.24. The van der Waals surface area contributed by atoms with E-state index >= 15 is 0 Å². The summed E-state index contributed by atoms with van der Waals surface area (Å²) in [7, 11) is 0. The van der Waals surface area contributed by atoms with Crippen LogP contribution in [0.25, 0.3) is 11.0 Å². The van der Waals surface area contributed by atoms with Crippen molar-refractivity contribution in [2.24, 2.45) is 0 Å². The third kappa shape index (κ3) is 2.59. The molecule has 3 heterocycles. The van der Waals surface area contributed by atoms with E-state index in [2.05, 4.69) is 33.6 Å². The Kier molecular flexibility index (Phi) is 3.78. The summed E-state index contributed by atoms with van der Waals surface area (Å²) < 4.78 is 4.09. The molecule has 1 aromatic carbocycles. The Morgan fingerprint density at radius 2 is 1.92 bits per heavy atom. The van der Waals surface area contributed by atoms with Crippen LogP contribution < -0.4 is 0 Å². The van der Waals surface area contributed by atoms with Crippen molar-refractivity contribution < 1.29 is 4.79 Å². The molecule has 25 heavy (non-hydrogen) atoms. The van der Waals surface area contributed by atoms with Crippen molar-refractivity contribution in [3.8, 4) is 0 Å². The van der Waals surface area contributed by atoms with Crippen LogP contribution in [-0.4, -0.2) is 41.7 Å². The van der Waals surface area contributed by atoms with E-state index in [0.29, 0.717) is 19.0 Å². The Bertz CT molecular complexity index is 925. The number of hydrogen-bond donors (Lipinski definition) is 0. The van der Waals surface area contributed by atoms with Crippen LogP contribution in [0.15, 0.2) is 30.6 Å². The van der Waals surface area contributed by atoms with Crippen LogP contribution in [0, 0.1) is 0 Å². The average molecular weight is 338 g/mol. The first-order valence-corrected chi connectivity index (χ1v) is 8.68. The van der Waals surface area contributed by atoms with Crippen LogP contribution in [0.2, 0.25) is 0 Å². The molecule has 0 aliphatic carbocycles. The fraction of sp³-hybridized carbons (Fsp3) is 0.444. The molecule has 0 N–H and O–H groups in total. The van der Waals surface area contributed by atoms with E-state index in [-0.39, 0.29) is 11.9 Å². The monoisotopic (exact) mass is 338 g/mol. The van der Waals surface area contributed by atoms with Crippen molar-refractivity contribution in [1.82, 2.24) is 29.2 Å². The van der Waals surface area contributed by atoms with E-state index in [1.165, 1.54) is 0 Å². The minimum absolute atomic E-state index is 0.0866. The molecule has 7 heteroatoms. The first-order valence-electron chi connectivity index (χ1n) is 8.68. The van der Waals surface area contributed by atoms with Gasteiger partial charge in [-0.2, -0.15) is 0 Å². The topological polar surface area (TPSA) is 68.8 Å². The van der Waals surface area contributed by atoms with Gasteiger partial charge in [0.15, 0.2) is 5.82 Å². The second-order valence-electron chi connectivity index (χ2n) is 6.86. The number of carbonyl (C=O) groups is 1. The van der Waals surface area contributed by atoms with E-state index in [4.69, 9.17) is 0 Å². The smallest absolute Gasteiger partial charge is 0.245 e. The minimum Gasteiger partial charge on any atom is -0.332 e. The Morgan fingerprint density at radius 3 is 2.72 bits per heavy atom. The number of para-hydroxylation sites is 2. The van der Waals surface area contributed by atoms with Crippen LogP contribution in [0.3, 0.4) is 0 Å². The van der Waals surface area contributed by atoms with Gasteiger partial charge in [-0.1, -0.05) is 26.0 Å². The van der Waals surface area contributed by atoms with Gasteiger partial charge in [0.05, 0.1) is 23.9 Å². The summed E-state index contributed by atoms with van der Waals surface area (Å²) in [5.74, 6) is 2.28. The third-order valence-electron chi connectivity index (χ3n) is 4.87. The number of fused-ring (bicyclic) bond motifs is 2. The number of rotatable bonds is 3. The minimum atomic E-state index is -0.300. The lowest BCUT2D eigenvalue weighted by atomic mass is 10.2. The molecule has 1 atom stereocenters. The van der Waals surface area contributed by atoms with E-state index in [1.807, 2.05) is 40.7 Å². The molecular weight excluding hydrogens is 316 g/mol. The molecule has 4 rings (SSSR count). The van der Waals surface area contributed by atoms with Crippen LogP contribution in [-0.2, 0) is 17.9 Å². The Morgan fingerprint density at radius 1 is 1.12 bits per heavy atom. The standard InChI is InChI=1S/C18H22N6O/c1-12(2)17-21-20-16-10-22(8-9-23(16)17)18(25)13(3)24-11-19-14-6-4-5-7-15(14)24/h4-7,11-13H,8-10H2,1-3H3. The van der Waals surface area contributed by atoms with Crippen molar-refractivity contribution in [2.45, 2.75) is 45.8 Å². The molecule has 1 aliphatic rings. The molecule has 1 aliphatic heterocycles. The number of carbonyl (C=O) groups excluding carboxylic acids is 1. The van der Waals surface area contributed by atoms with E-state index in [0.717, 1.165) is 29.2 Å². The number of nitrogens with zero attached hydrogens (tertiary/aromatic N) is 6. The van der Waals surface area contributed by atoms with Gasteiger partial charge in [0.1, 0.15) is 11.9 Å². The van der Waals surface area contributed by atoms with Gasteiger partial charge in [-0.05, 0) is 19.1 Å². The predicted octanol–water partition coefficient (Wildman–Crippen LogP) is 2.35. The molecule has 0 saturated carbocycles. The van der Waals surface area contributed by atoms with Gasteiger partial charge in [0.25, 0.3) is 0 Å². The van der Waals surface area contributed by atoms with Gasteiger partial charge in [0, 0.05) is 19.0 Å². The first-order chi connectivity index (χ1) is 12.1. The van der Waals surface area contributed by atoms with Crippen LogP contribution >= 0.6 is 0 Å².